The Hall–Kier alpha value is -1.09. The molecule has 2 fully saturated rings. The zero-order valence-electron chi connectivity index (χ0n) is 14.2. The second kappa shape index (κ2) is 9.56. The summed E-state index contributed by atoms with van der Waals surface area (Å²) in [5.74, 6) is 1.14. The summed E-state index contributed by atoms with van der Waals surface area (Å²) in [6, 6.07) is 1.79. The van der Waals surface area contributed by atoms with Crippen molar-refractivity contribution in [3.05, 3.63) is 11.2 Å². The molecule has 1 amide bonds. The van der Waals surface area contributed by atoms with Crippen LogP contribution in [0.1, 0.15) is 12.8 Å². The number of halogens is 1. The first kappa shape index (κ1) is 18.7. The lowest BCUT2D eigenvalue weighted by atomic mass is 10.4. The second-order valence-corrected chi connectivity index (χ2v) is 7.45. The van der Waals surface area contributed by atoms with Crippen LogP contribution < -0.4 is 10.2 Å². The van der Waals surface area contributed by atoms with E-state index in [2.05, 4.69) is 25.1 Å². The normalized spacial score (nSPS) is 18.5. The average Bonchev–Trinajstić information content (AvgIpc) is 3.15. The Kier molecular flexibility index (Phi) is 7.15. The molecule has 1 aromatic heterocycles. The Morgan fingerprint density at radius 2 is 2.00 bits per heavy atom. The fraction of sp³-hybridized carbons (Fsp3) is 0.688. The van der Waals surface area contributed by atoms with Gasteiger partial charge in [-0.1, -0.05) is 23.4 Å². The minimum Gasteiger partial charge on any atom is -0.379 e. The van der Waals surface area contributed by atoms with Crippen molar-refractivity contribution in [2.24, 2.45) is 0 Å². The van der Waals surface area contributed by atoms with Crippen molar-refractivity contribution in [1.82, 2.24) is 20.2 Å². The predicted molar refractivity (Wildman–Crippen MR) is 99.5 cm³/mol. The highest BCUT2D eigenvalue weighted by Crippen LogP contribution is 2.24. The van der Waals surface area contributed by atoms with Gasteiger partial charge >= 0.3 is 0 Å². The molecule has 138 valence electrons. The van der Waals surface area contributed by atoms with E-state index in [9.17, 15) is 4.79 Å². The van der Waals surface area contributed by atoms with Crippen molar-refractivity contribution in [2.45, 2.75) is 18.0 Å². The van der Waals surface area contributed by atoms with Crippen LogP contribution in [0.3, 0.4) is 0 Å². The molecule has 0 unspecified atom stereocenters. The number of nitrogens with zero attached hydrogens (tertiary/aromatic N) is 4. The average molecular weight is 386 g/mol. The van der Waals surface area contributed by atoms with Crippen LogP contribution in [-0.2, 0) is 9.53 Å². The zero-order valence-corrected chi connectivity index (χ0v) is 15.8. The molecule has 3 heterocycles. The number of hydrogen-bond acceptors (Lipinski definition) is 7. The highest BCUT2D eigenvalue weighted by Gasteiger charge is 2.16. The molecule has 2 aliphatic heterocycles. The standard InChI is InChI=1S/C16H24ClN5O2S/c17-13-11-14(22-4-1-2-5-22)20-16(19-13)25-12-15(23)18-3-6-21-7-9-24-10-8-21/h11H,1-10,12H2,(H,18,23). The number of carbonyl (C=O) groups excluding carboxylic acids is 1. The molecule has 1 N–H and O–H groups in total. The van der Waals surface area contributed by atoms with Gasteiger partial charge in [0, 0.05) is 45.3 Å². The molecular weight excluding hydrogens is 362 g/mol. The van der Waals surface area contributed by atoms with Crippen molar-refractivity contribution in [1.29, 1.82) is 0 Å². The lowest BCUT2D eigenvalue weighted by molar-refractivity contribution is -0.118. The SMILES string of the molecule is O=C(CSc1nc(Cl)cc(N2CCCC2)n1)NCCN1CCOCC1. The molecule has 0 saturated carbocycles. The fourth-order valence-electron chi connectivity index (χ4n) is 2.92. The van der Waals surface area contributed by atoms with Crippen molar-refractivity contribution < 1.29 is 9.53 Å². The van der Waals surface area contributed by atoms with Crippen LogP contribution >= 0.6 is 23.4 Å². The summed E-state index contributed by atoms with van der Waals surface area (Å²) < 4.78 is 5.31. The van der Waals surface area contributed by atoms with Gasteiger partial charge in [0.25, 0.3) is 0 Å². The molecule has 0 radical (unpaired) electrons. The molecule has 3 rings (SSSR count). The summed E-state index contributed by atoms with van der Waals surface area (Å²) in [5, 5.41) is 3.92. The van der Waals surface area contributed by atoms with Crippen molar-refractivity contribution in [2.75, 3.05) is 63.1 Å². The number of morpholine rings is 1. The number of amides is 1. The summed E-state index contributed by atoms with van der Waals surface area (Å²) in [6.07, 6.45) is 2.35. The lowest BCUT2D eigenvalue weighted by Gasteiger charge is -2.26. The Morgan fingerprint density at radius 1 is 1.24 bits per heavy atom. The van der Waals surface area contributed by atoms with Crippen LogP contribution in [0.5, 0.6) is 0 Å². The van der Waals surface area contributed by atoms with Crippen LogP contribution in [0, 0.1) is 0 Å². The first-order chi connectivity index (χ1) is 12.2. The maximum absolute atomic E-state index is 12.0. The van der Waals surface area contributed by atoms with E-state index in [1.54, 1.807) is 6.07 Å². The maximum Gasteiger partial charge on any atom is 0.230 e. The summed E-state index contributed by atoms with van der Waals surface area (Å²) in [7, 11) is 0. The topological polar surface area (TPSA) is 70.6 Å². The first-order valence-electron chi connectivity index (χ1n) is 8.70. The number of aromatic nitrogens is 2. The Bertz CT molecular complexity index is 580. The zero-order chi connectivity index (χ0) is 17.5. The molecule has 9 heteroatoms. The Balaban J connectivity index is 1.42. The molecule has 0 bridgehead atoms. The molecule has 1 aromatic rings. The molecule has 2 aliphatic rings. The quantitative estimate of drug-likeness (QED) is 0.430. The smallest absolute Gasteiger partial charge is 0.230 e. The molecule has 2 saturated heterocycles. The summed E-state index contributed by atoms with van der Waals surface area (Å²) in [6.45, 7) is 6.91. The Labute approximate surface area is 157 Å². The largest absolute Gasteiger partial charge is 0.379 e. The molecule has 0 spiro atoms. The van der Waals surface area contributed by atoms with E-state index in [-0.39, 0.29) is 5.91 Å². The number of ether oxygens (including phenoxy) is 1. The maximum atomic E-state index is 12.0. The molecule has 0 atom stereocenters. The van der Waals surface area contributed by atoms with E-state index in [1.165, 1.54) is 24.6 Å². The van der Waals surface area contributed by atoms with E-state index >= 15 is 0 Å². The molecule has 0 aliphatic carbocycles. The summed E-state index contributed by atoms with van der Waals surface area (Å²) >= 11 is 7.43. The monoisotopic (exact) mass is 385 g/mol. The second-order valence-electron chi connectivity index (χ2n) is 6.12. The van der Waals surface area contributed by atoms with Gasteiger partial charge in [0.05, 0.1) is 19.0 Å². The summed E-state index contributed by atoms with van der Waals surface area (Å²) in [4.78, 5) is 25.3. The van der Waals surface area contributed by atoms with Gasteiger partial charge in [-0.2, -0.15) is 0 Å². The van der Waals surface area contributed by atoms with Gasteiger partial charge in [0.1, 0.15) is 11.0 Å². The minimum absolute atomic E-state index is 0.00967. The Morgan fingerprint density at radius 3 is 2.76 bits per heavy atom. The molecule has 7 nitrogen and oxygen atoms in total. The van der Waals surface area contributed by atoms with Crippen LogP contribution in [-0.4, -0.2) is 79.0 Å². The van der Waals surface area contributed by atoms with E-state index in [0.29, 0.717) is 22.6 Å². The van der Waals surface area contributed by atoms with E-state index < -0.39 is 0 Å². The van der Waals surface area contributed by atoms with Gasteiger partial charge in [0.2, 0.25) is 5.91 Å². The molecular formula is C16H24ClN5O2S. The number of carbonyl (C=O) groups is 1. The number of anilines is 1. The number of thioether (sulfide) groups is 1. The van der Waals surface area contributed by atoms with Crippen LogP contribution in [0.4, 0.5) is 5.82 Å². The predicted octanol–water partition coefficient (Wildman–Crippen LogP) is 1.27. The van der Waals surface area contributed by atoms with E-state index in [0.717, 1.165) is 51.8 Å². The van der Waals surface area contributed by atoms with Crippen LogP contribution in [0.15, 0.2) is 11.2 Å². The minimum atomic E-state index is -0.00967. The third kappa shape index (κ3) is 5.99. The third-order valence-electron chi connectivity index (χ3n) is 4.28. The van der Waals surface area contributed by atoms with Crippen molar-refractivity contribution >= 4 is 35.1 Å². The van der Waals surface area contributed by atoms with Crippen molar-refractivity contribution in [3.8, 4) is 0 Å². The molecule has 0 aromatic carbocycles. The van der Waals surface area contributed by atoms with Gasteiger partial charge in [-0.25, -0.2) is 9.97 Å². The van der Waals surface area contributed by atoms with Gasteiger partial charge < -0.3 is 15.0 Å². The van der Waals surface area contributed by atoms with Crippen LogP contribution in [0.25, 0.3) is 0 Å². The van der Waals surface area contributed by atoms with Gasteiger partial charge in [0.15, 0.2) is 5.16 Å². The number of nitrogens with one attached hydrogen (secondary N) is 1. The first-order valence-corrected chi connectivity index (χ1v) is 10.1. The highest BCUT2D eigenvalue weighted by molar-refractivity contribution is 7.99. The fourth-order valence-corrected chi connectivity index (χ4v) is 3.83. The lowest BCUT2D eigenvalue weighted by Crippen LogP contribution is -2.41. The van der Waals surface area contributed by atoms with E-state index in [1.807, 2.05) is 0 Å². The number of rotatable bonds is 7. The summed E-state index contributed by atoms with van der Waals surface area (Å²) in [5.41, 5.74) is 0. The van der Waals surface area contributed by atoms with E-state index in [4.69, 9.17) is 16.3 Å². The van der Waals surface area contributed by atoms with Crippen LogP contribution in [0.2, 0.25) is 5.15 Å². The number of hydrogen-bond donors (Lipinski definition) is 1. The van der Waals surface area contributed by atoms with Gasteiger partial charge in [-0.15, -0.1) is 0 Å². The van der Waals surface area contributed by atoms with Gasteiger partial charge in [-0.05, 0) is 12.8 Å². The van der Waals surface area contributed by atoms with Crippen molar-refractivity contribution in [3.63, 3.8) is 0 Å². The third-order valence-corrected chi connectivity index (χ3v) is 5.32. The van der Waals surface area contributed by atoms with Gasteiger partial charge in [-0.3, -0.25) is 9.69 Å². The molecule has 25 heavy (non-hydrogen) atoms. The highest BCUT2D eigenvalue weighted by atomic mass is 35.5.